The van der Waals surface area contributed by atoms with E-state index in [9.17, 15) is 4.79 Å². The van der Waals surface area contributed by atoms with Gasteiger partial charge >= 0.3 is 0 Å². The molecule has 0 unspecified atom stereocenters. The molecule has 5 heteroatoms. The number of allylic oxidation sites excluding steroid dienone is 1. The summed E-state index contributed by atoms with van der Waals surface area (Å²) in [4.78, 5) is 16.4. The van der Waals surface area contributed by atoms with Crippen molar-refractivity contribution < 1.29 is 14.3 Å². The Balaban J connectivity index is 1.74. The molecule has 0 aliphatic carbocycles. The lowest BCUT2D eigenvalue weighted by molar-refractivity contribution is 0.104. The van der Waals surface area contributed by atoms with E-state index in [2.05, 4.69) is 4.98 Å². The van der Waals surface area contributed by atoms with Gasteiger partial charge in [-0.15, -0.1) is 0 Å². The van der Waals surface area contributed by atoms with Crippen LogP contribution in [0, 0.1) is 0 Å². The van der Waals surface area contributed by atoms with E-state index in [1.807, 2.05) is 53.2 Å². The minimum Gasteiger partial charge on any atom is -0.496 e. The van der Waals surface area contributed by atoms with E-state index in [0.29, 0.717) is 12.2 Å². The molecule has 0 amide bonds. The number of ketones is 1. The van der Waals surface area contributed by atoms with Crippen LogP contribution in [-0.2, 0) is 11.3 Å². The van der Waals surface area contributed by atoms with Crippen LogP contribution >= 0.6 is 0 Å². The van der Waals surface area contributed by atoms with E-state index in [-0.39, 0.29) is 5.78 Å². The van der Waals surface area contributed by atoms with Crippen LogP contribution in [0.1, 0.15) is 21.5 Å². The van der Waals surface area contributed by atoms with Crippen LogP contribution in [-0.4, -0.2) is 29.6 Å². The first kappa shape index (κ1) is 17.6. The second-order valence-electron chi connectivity index (χ2n) is 5.72. The second-order valence-corrected chi connectivity index (χ2v) is 5.72. The molecule has 3 aromatic rings. The molecule has 5 nitrogen and oxygen atoms in total. The Hall–Kier alpha value is -3.18. The Labute approximate surface area is 152 Å². The summed E-state index contributed by atoms with van der Waals surface area (Å²) in [5.74, 6) is 0.719. The van der Waals surface area contributed by atoms with Gasteiger partial charge in [-0.2, -0.15) is 0 Å². The maximum absolute atomic E-state index is 12.4. The van der Waals surface area contributed by atoms with Crippen molar-refractivity contribution in [1.29, 1.82) is 0 Å². The van der Waals surface area contributed by atoms with Crippen LogP contribution in [0.25, 0.3) is 11.8 Å². The van der Waals surface area contributed by atoms with E-state index in [0.717, 1.165) is 22.6 Å². The summed E-state index contributed by atoms with van der Waals surface area (Å²) in [6.07, 6.45) is 8.67. The summed E-state index contributed by atoms with van der Waals surface area (Å²) in [6, 6.07) is 13.1. The van der Waals surface area contributed by atoms with Crippen molar-refractivity contribution >= 4 is 11.9 Å². The van der Waals surface area contributed by atoms with Crippen molar-refractivity contribution in [3.8, 4) is 11.4 Å². The van der Waals surface area contributed by atoms with Crippen molar-refractivity contribution in [3.05, 3.63) is 84.0 Å². The smallest absolute Gasteiger partial charge is 0.185 e. The lowest BCUT2D eigenvalue weighted by Gasteiger charge is -2.08. The molecular formula is C21H20N2O3. The molecule has 0 aliphatic heterocycles. The molecule has 0 aliphatic rings. The van der Waals surface area contributed by atoms with Gasteiger partial charge in [-0.3, -0.25) is 4.79 Å². The molecule has 0 bridgehead atoms. The molecule has 0 fully saturated rings. The lowest BCUT2D eigenvalue weighted by Crippen LogP contribution is -1.97. The van der Waals surface area contributed by atoms with E-state index in [4.69, 9.17) is 9.47 Å². The van der Waals surface area contributed by atoms with Crippen LogP contribution in [0.2, 0.25) is 0 Å². The third-order valence-electron chi connectivity index (χ3n) is 3.99. The summed E-state index contributed by atoms with van der Waals surface area (Å²) in [5.41, 5.74) is 3.45. The number of carbonyl (C=O) groups excluding carboxylic acids is 1. The number of methoxy groups -OCH3 is 2. The third kappa shape index (κ3) is 4.07. The number of rotatable bonds is 7. The van der Waals surface area contributed by atoms with E-state index in [1.54, 1.807) is 38.9 Å². The zero-order valence-corrected chi connectivity index (χ0v) is 14.8. The Morgan fingerprint density at radius 3 is 2.62 bits per heavy atom. The van der Waals surface area contributed by atoms with Crippen molar-refractivity contribution in [2.24, 2.45) is 0 Å². The number of carbonyl (C=O) groups is 1. The maximum Gasteiger partial charge on any atom is 0.185 e. The number of aromatic nitrogens is 2. The van der Waals surface area contributed by atoms with Crippen molar-refractivity contribution in [2.75, 3.05) is 14.2 Å². The SMILES string of the molecule is COCc1cc(/C=C/C(=O)c2ccc(-n3ccnc3)cc2)ccc1OC. The Kier molecular flexibility index (Phi) is 5.61. The monoisotopic (exact) mass is 348 g/mol. The van der Waals surface area contributed by atoms with Crippen LogP contribution < -0.4 is 4.74 Å². The summed E-state index contributed by atoms with van der Waals surface area (Å²) in [7, 11) is 3.26. The van der Waals surface area contributed by atoms with E-state index >= 15 is 0 Å². The van der Waals surface area contributed by atoms with Crippen LogP contribution in [0.4, 0.5) is 0 Å². The topological polar surface area (TPSA) is 53.4 Å². The highest BCUT2D eigenvalue weighted by molar-refractivity contribution is 6.06. The van der Waals surface area contributed by atoms with Gasteiger partial charge in [0.2, 0.25) is 0 Å². The first-order chi connectivity index (χ1) is 12.7. The van der Waals surface area contributed by atoms with E-state index in [1.165, 1.54) is 0 Å². The molecule has 1 aromatic heterocycles. The van der Waals surface area contributed by atoms with Crippen molar-refractivity contribution in [1.82, 2.24) is 9.55 Å². The fourth-order valence-corrected chi connectivity index (χ4v) is 2.65. The molecule has 0 spiro atoms. The average molecular weight is 348 g/mol. The molecule has 1 heterocycles. The van der Waals surface area contributed by atoms with Gasteiger partial charge in [0.1, 0.15) is 5.75 Å². The van der Waals surface area contributed by atoms with E-state index < -0.39 is 0 Å². The Morgan fingerprint density at radius 2 is 1.96 bits per heavy atom. The number of hydrogen-bond acceptors (Lipinski definition) is 4. The summed E-state index contributed by atoms with van der Waals surface area (Å²) in [6.45, 7) is 0.453. The fraction of sp³-hybridized carbons (Fsp3) is 0.143. The molecular weight excluding hydrogens is 328 g/mol. The molecule has 26 heavy (non-hydrogen) atoms. The van der Waals surface area contributed by atoms with Gasteiger partial charge in [0.25, 0.3) is 0 Å². The fourth-order valence-electron chi connectivity index (χ4n) is 2.65. The first-order valence-corrected chi connectivity index (χ1v) is 8.18. The van der Waals surface area contributed by atoms with Gasteiger partial charge < -0.3 is 14.0 Å². The van der Waals surface area contributed by atoms with Gasteiger partial charge in [-0.05, 0) is 48.0 Å². The largest absolute Gasteiger partial charge is 0.496 e. The van der Waals surface area contributed by atoms with Crippen LogP contribution in [0.3, 0.4) is 0 Å². The Bertz CT molecular complexity index is 898. The van der Waals surface area contributed by atoms with Crippen molar-refractivity contribution in [3.63, 3.8) is 0 Å². The third-order valence-corrected chi connectivity index (χ3v) is 3.99. The highest BCUT2D eigenvalue weighted by Crippen LogP contribution is 2.21. The molecule has 132 valence electrons. The van der Waals surface area contributed by atoms with Crippen molar-refractivity contribution in [2.45, 2.75) is 6.61 Å². The number of hydrogen-bond donors (Lipinski definition) is 0. The summed E-state index contributed by atoms with van der Waals surface area (Å²) < 4.78 is 12.4. The molecule has 3 rings (SSSR count). The quantitative estimate of drug-likeness (QED) is 0.480. The summed E-state index contributed by atoms with van der Waals surface area (Å²) in [5, 5.41) is 0. The molecule has 0 radical (unpaired) electrons. The van der Waals surface area contributed by atoms with Gasteiger partial charge in [-0.25, -0.2) is 4.98 Å². The number of nitrogens with zero attached hydrogens (tertiary/aromatic N) is 2. The van der Waals surface area contributed by atoms with Crippen LogP contribution in [0.5, 0.6) is 5.75 Å². The Morgan fingerprint density at radius 1 is 1.15 bits per heavy atom. The zero-order chi connectivity index (χ0) is 18.4. The lowest BCUT2D eigenvalue weighted by atomic mass is 10.1. The molecule has 2 aromatic carbocycles. The normalized spacial score (nSPS) is 11.0. The average Bonchev–Trinajstić information content (AvgIpc) is 3.21. The predicted octanol–water partition coefficient (Wildman–Crippen LogP) is 3.92. The number of benzene rings is 2. The highest BCUT2D eigenvalue weighted by atomic mass is 16.5. The standard InChI is InChI=1S/C21H20N2O3/c1-25-14-18-13-16(4-10-21(18)26-2)3-9-20(24)17-5-7-19(8-6-17)23-12-11-22-15-23/h3-13,15H,14H2,1-2H3/b9-3+. The van der Waals surface area contributed by atoms with Gasteiger partial charge in [-0.1, -0.05) is 12.1 Å². The van der Waals surface area contributed by atoms with Gasteiger partial charge in [0.15, 0.2) is 5.78 Å². The number of imidazole rings is 1. The van der Waals surface area contributed by atoms with Gasteiger partial charge in [0, 0.05) is 36.3 Å². The molecule has 0 saturated heterocycles. The highest BCUT2D eigenvalue weighted by Gasteiger charge is 2.05. The molecule has 0 N–H and O–H groups in total. The minimum atomic E-state index is -0.0497. The maximum atomic E-state index is 12.4. The molecule has 0 atom stereocenters. The van der Waals surface area contributed by atoms with Crippen LogP contribution in [0.15, 0.2) is 67.3 Å². The molecule has 0 saturated carbocycles. The minimum absolute atomic E-state index is 0.0497. The number of ether oxygens (including phenoxy) is 2. The van der Waals surface area contributed by atoms with Gasteiger partial charge in [0.05, 0.1) is 20.0 Å². The predicted molar refractivity (Wildman–Crippen MR) is 101 cm³/mol. The second kappa shape index (κ2) is 8.27. The first-order valence-electron chi connectivity index (χ1n) is 8.18. The zero-order valence-electron chi connectivity index (χ0n) is 14.8. The summed E-state index contributed by atoms with van der Waals surface area (Å²) >= 11 is 0.